The number of halogens is 1. The summed E-state index contributed by atoms with van der Waals surface area (Å²) in [6.07, 6.45) is 3.63. The van der Waals surface area contributed by atoms with Crippen molar-refractivity contribution in [3.8, 4) is 0 Å². The van der Waals surface area contributed by atoms with E-state index in [4.69, 9.17) is 16.3 Å². The van der Waals surface area contributed by atoms with Crippen molar-refractivity contribution < 1.29 is 4.74 Å². The van der Waals surface area contributed by atoms with Crippen molar-refractivity contribution in [2.45, 2.75) is 6.10 Å². The Kier molecular flexibility index (Phi) is 1.36. The second-order valence-electron chi connectivity index (χ2n) is 2.22. The molecule has 1 saturated heterocycles. The van der Waals surface area contributed by atoms with E-state index in [0.717, 1.165) is 17.2 Å². The first-order valence-corrected chi connectivity index (χ1v) is 3.47. The SMILES string of the molecule is Clc1ccncc1C1CO1. The average molecular weight is 156 g/mol. The largest absolute Gasteiger partial charge is 0.368 e. The Morgan fingerprint density at radius 3 is 3.10 bits per heavy atom. The van der Waals surface area contributed by atoms with E-state index in [2.05, 4.69) is 4.98 Å². The predicted molar refractivity (Wildman–Crippen MR) is 37.9 cm³/mol. The summed E-state index contributed by atoms with van der Waals surface area (Å²) in [4.78, 5) is 3.94. The van der Waals surface area contributed by atoms with Crippen LogP contribution in [-0.2, 0) is 4.74 Å². The molecule has 2 heterocycles. The Labute approximate surface area is 63.8 Å². The van der Waals surface area contributed by atoms with Gasteiger partial charge in [-0.2, -0.15) is 0 Å². The molecule has 2 rings (SSSR count). The van der Waals surface area contributed by atoms with Gasteiger partial charge in [-0.3, -0.25) is 4.98 Å². The van der Waals surface area contributed by atoms with Gasteiger partial charge in [0.25, 0.3) is 0 Å². The average Bonchev–Trinajstić information content (AvgIpc) is 2.71. The molecule has 1 aliphatic rings. The molecule has 1 aromatic rings. The van der Waals surface area contributed by atoms with Crippen LogP contribution in [0.3, 0.4) is 0 Å². The van der Waals surface area contributed by atoms with Gasteiger partial charge in [0.05, 0.1) is 6.61 Å². The molecule has 0 radical (unpaired) electrons. The van der Waals surface area contributed by atoms with Gasteiger partial charge in [-0.05, 0) is 6.07 Å². The number of aromatic nitrogens is 1. The van der Waals surface area contributed by atoms with E-state index in [9.17, 15) is 0 Å². The highest BCUT2D eigenvalue weighted by Gasteiger charge is 2.26. The van der Waals surface area contributed by atoms with Crippen LogP contribution in [0.1, 0.15) is 11.7 Å². The first-order chi connectivity index (χ1) is 4.88. The number of nitrogens with zero attached hydrogens (tertiary/aromatic N) is 1. The Hall–Kier alpha value is -0.600. The zero-order chi connectivity index (χ0) is 6.97. The molecule has 3 heteroatoms. The summed E-state index contributed by atoms with van der Waals surface area (Å²) < 4.78 is 5.05. The third-order valence-electron chi connectivity index (χ3n) is 1.48. The fourth-order valence-electron chi connectivity index (χ4n) is 0.854. The quantitative estimate of drug-likeness (QED) is 0.578. The lowest BCUT2D eigenvalue weighted by Gasteiger charge is -1.95. The summed E-state index contributed by atoms with van der Waals surface area (Å²) >= 11 is 5.84. The van der Waals surface area contributed by atoms with Crippen LogP contribution in [0, 0.1) is 0 Å². The lowest BCUT2D eigenvalue weighted by atomic mass is 10.2. The highest BCUT2D eigenvalue weighted by atomic mass is 35.5. The molecule has 1 fully saturated rings. The van der Waals surface area contributed by atoms with Gasteiger partial charge >= 0.3 is 0 Å². The molecule has 0 amide bonds. The summed E-state index contributed by atoms with van der Waals surface area (Å²) in [5, 5.41) is 0.748. The molecule has 0 bridgehead atoms. The van der Waals surface area contributed by atoms with E-state index >= 15 is 0 Å². The molecule has 2 nitrogen and oxygen atoms in total. The van der Waals surface area contributed by atoms with Crippen molar-refractivity contribution in [1.82, 2.24) is 4.98 Å². The van der Waals surface area contributed by atoms with E-state index in [0.29, 0.717) is 0 Å². The van der Waals surface area contributed by atoms with Crippen molar-refractivity contribution in [3.05, 3.63) is 29.0 Å². The van der Waals surface area contributed by atoms with Gasteiger partial charge in [-0.25, -0.2) is 0 Å². The number of hydrogen-bond donors (Lipinski definition) is 0. The maximum atomic E-state index is 5.84. The number of pyridine rings is 1. The topological polar surface area (TPSA) is 25.4 Å². The van der Waals surface area contributed by atoms with E-state index in [1.807, 2.05) is 0 Å². The molecule has 1 unspecified atom stereocenters. The smallest absolute Gasteiger partial charge is 0.109 e. The van der Waals surface area contributed by atoms with Crippen LogP contribution in [-0.4, -0.2) is 11.6 Å². The molecule has 0 N–H and O–H groups in total. The monoisotopic (exact) mass is 155 g/mol. The molecule has 0 aromatic carbocycles. The number of epoxide rings is 1. The third-order valence-corrected chi connectivity index (χ3v) is 1.82. The van der Waals surface area contributed by atoms with E-state index in [-0.39, 0.29) is 6.10 Å². The van der Waals surface area contributed by atoms with Gasteiger partial charge in [0, 0.05) is 23.0 Å². The van der Waals surface area contributed by atoms with Gasteiger partial charge in [0.1, 0.15) is 6.10 Å². The van der Waals surface area contributed by atoms with Crippen molar-refractivity contribution >= 4 is 11.6 Å². The van der Waals surface area contributed by atoms with Crippen molar-refractivity contribution in [2.24, 2.45) is 0 Å². The Morgan fingerprint density at radius 2 is 2.50 bits per heavy atom. The van der Waals surface area contributed by atoms with Crippen LogP contribution in [0.25, 0.3) is 0 Å². The molecule has 0 aliphatic carbocycles. The highest BCUT2D eigenvalue weighted by molar-refractivity contribution is 6.31. The first kappa shape index (κ1) is 6.13. The second-order valence-corrected chi connectivity index (χ2v) is 2.63. The van der Waals surface area contributed by atoms with Gasteiger partial charge in [0.2, 0.25) is 0 Å². The lowest BCUT2D eigenvalue weighted by Crippen LogP contribution is -1.82. The second kappa shape index (κ2) is 2.22. The third kappa shape index (κ3) is 1.00. The summed E-state index contributed by atoms with van der Waals surface area (Å²) in [7, 11) is 0. The summed E-state index contributed by atoms with van der Waals surface area (Å²) in [6.45, 7) is 0.783. The van der Waals surface area contributed by atoms with Crippen LogP contribution < -0.4 is 0 Å². The fraction of sp³-hybridized carbons (Fsp3) is 0.286. The van der Waals surface area contributed by atoms with Crippen LogP contribution in [0.4, 0.5) is 0 Å². The summed E-state index contributed by atoms with van der Waals surface area (Å²) in [6, 6.07) is 1.78. The number of ether oxygens (including phenoxy) is 1. The molecular formula is C7H6ClNO. The molecular weight excluding hydrogens is 150 g/mol. The summed E-state index contributed by atoms with van der Waals surface area (Å²) in [5.41, 5.74) is 1.00. The molecule has 1 aliphatic heterocycles. The number of hydrogen-bond acceptors (Lipinski definition) is 2. The van der Waals surface area contributed by atoms with Crippen LogP contribution in [0.2, 0.25) is 5.02 Å². The minimum Gasteiger partial charge on any atom is -0.368 e. The molecule has 10 heavy (non-hydrogen) atoms. The van der Waals surface area contributed by atoms with E-state index < -0.39 is 0 Å². The lowest BCUT2D eigenvalue weighted by molar-refractivity contribution is 0.415. The Morgan fingerprint density at radius 1 is 1.70 bits per heavy atom. The minimum atomic E-state index is 0.209. The van der Waals surface area contributed by atoms with Gasteiger partial charge in [-0.1, -0.05) is 11.6 Å². The maximum absolute atomic E-state index is 5.84. The van der Waals surface area contributed by atoms with Crippen LogP contribution >= 0.6 is 11.6 Å². The maximum Gasteiger partial charge on any atom is 0.109 e. The van der Waals surface area contributed by atoms with Crippen molar-refractivity contribution in [3.63, 3.8) is 0 Å². The van der Waals surface area contributed by atoms with Crippen LogP contribution in [0.15, 0.2) is 18.5 Å². The standard InChI is InChI=1S/C7H6ClNO/c8-6-1-2-9-3-5(6)7-4-10-7/h1-3,7H,4H2. The molecule has 0 saturated carbocycles. The molecule has 1 aromatic heterocycles. The summed E-state index contributed by atoms with van der Waals surface area (Å²) in [5.74, 6) is 0. The fourth-order valence-corrected chi connectivity index (χ4v) is 1.08. The minimum absolute atomic E-state index is 0.209. The van der Waals surface area contributed by atoms with Gasteiger partial charge < -0.3 is 4.74 Å². The van der Waals surface area contributed by atoms with Gasteiger partial charge in [0.15, 0.2) is 0 Å². The Bertz CT molecular complexity index is 247. The highest BCUT2D eigenvalue weighted by Crippen LogP contribution is 2.33. The molecule has 1 atom stereocenters. The predicted octanol–water partition coefficient (Wildman–Crippen LogP) is 1.81. The molecule has 0 spiro atoms. The molecule has 52 valence electrons. The van der Waals surface area contributed by atoms with Crippen molar-refractivity contribution in [1.29, 1.82) is 0 Å². The zero-order valence-electron chi connectivity index (χ0n) is 5.25. The van der Waals surface area contributed by atoms with Crippen molar-refractivity contribution in [2.75, 3.05) is 6.61 Å². The first-order valence-electron chi connectivity index (χ1n) is 3.09. The van der Waals surface area contributed by atoms with E-state index in [1.54, 1.807) is 18.5 Å². The normalized spacial score (nSPS) is 22.7. The number of rotatable bonds is 1. The van der Waals surface area contributed by atoms with E-state index in [1.165, 1.54) is 0 Å². The Balaban J connectivity index is 2.39. The van der Waals surface area contributed by atoms with Crippen LogP contribution in [0.5, 0.6) is 0 Å². The van der Waals surface area contributed by atoms with Gasteiger partial charge in [-0.15, -0.1) is 0 Å². The zero-order valence-corrected chi connectivity index (χ0v) is 6.01.